The molecule has 124 valence electrons. The number of hydrogen-bond donors (Lipinski definition) is 0. The largest absolute Gasteiger partial charge is 0.348 e. The molecule has 9 heteroatoms. The first-order valence-corrected chi connectivity index (χ1v) is 8.21. The van der Waals surface area contributed by atoms with Gasteiger partial charge in [-0.15, -0.1) is 15.3 Å². The standard InChI is InChI=1S/C15H19N9/c1-10-17-19-15-14(16-3-4-23(10)15)24-9-12-5-13(24)8-22(12)7-11-6-21(2)20-18-11/h3-4,6,12-13H,5,7-9H2,1-2H3. The van der Waals surface area contributed by atoms with E-state index in [9.17, 15) is 0 Å². The Morgan fingerprint density at radius 1 is 1.17 bits per heavy atom. The van der Waals surface area contributed by atoms with Crippen molar-refractivity contribution in [3.63, 3.8) is 0 Å². The lowest BCUT2D eigenvalue weighted by Gasteiger charge is -2.34. The van der Waals surface area contributed by atoms with Crippen LogP contribution in [-0.4, -0.2) is 64.6 Å². The summed E-state index contributed by atoms with van der Waals surface area (Å²) in [5, 5.41) is 16.7. The number of aromatic nitrogens is 7. The summed E-state index contributed by atoms with van der Waals surface area (Å²) in [6.45, 7) is 4.83. The predicted octanol–water partition coefficient (Wildman–Crippen LogP) is 0.0243. The molecule has 2 fully saturated rings. The Morgan fingerprint density at radius 2 is 2.08 bits per heavy atom. The van der Waals surface area contributed by atoms with E-state index in [0.717, 1.165) is 49.0 Å². The molecule has 0 saturated carbocycles. The van der Waals surface area contributed by atoms with Gasteiger partial charge >= 0.3 is 0 Å². The van der Waals surface area contributed by atoms with E-state index in [2.05, 4.69) is 35.3 Å². The fourth-order valence-electron chi connectivity index (χ4n) is 4.01. The number of anilines is 1. The Labute approximate surface area is 138 Å². The fourth-order valence-corrected chi connectivity index (χ4v) is 4.01. The molecule has 2 aliphatic rings. The van der Waals surface area contributed by atoms with E-state index in [1.807, 2.05) is 37.0 Å². The maximum Gasteiger partial charge on any atom is 0.203 e. The van der Waals surface area contributed by atoms with Crippen molar-refractivity contribution in [1.29, 1.82) is 0 Å². The van der Waals surface area contributed by atoms with Crippen LogP contribution in [0.2, 0.25) is 0 Å². The molecule has 0 radical (unpaired) electrons. The quantitative estimate of drug-likeness (QED) is 0.672. The topological polar surface area (TPSA) is 80.3 Å². The molecule has 9 nitrogen and oxygen atoms in total. The van der Waals surface area contributed by atoms with Gasteiger partial charge in [0.2, 0.25) is 5.65 Å². The van der Waals surface area contributed by atoms with Gasteiger partial charge in [-0.05, 0) is 13.3 Å². The Kier molecular flexibility index (Phi) is 2.87. The molecule has 24 heavy (non-hydrogen) atoms. The van der Waals surface area contributed by atoms with E-state index in [-0.39, 0.29) is 0 Å². The van der Waals surface area contributed by atoms with Crippen LogP contribution in [-0.2, 0) is 13.6 Å². The Hall–Kier alpha value is -2.55. The summed E-state index contributed by atoms with van der Waals surface area (Å²) < 4.78 is 3.76. The van der Waals surface area contributed by atoms with Crippen molar-refractivity contribution in [2.45, 2.75) is 32.0 Å². The number of nitrogens with zero attached hydrogens (tertiary/aromatic N) is 9. The van der Waals surface area contributed by atoms with Gasteiger partial charge in [0.05, 0.1) is 5.69 Å². The van der Waals surface area contributed by atoms with Gasteiger partial charge in [0.25, 0.3) is 0 Å². The minimum atomic E-state index is 0.474. The zero-order valence-electron chi connectivity index (χ0n) is 13.7. The average Bonchev–Trinajstić information content (AvgIpc) is 3.33. The zero-order chi connectivity index (χ0) is 16.3. The van der Waals surface area contributed by atoms with Crippen molar-refractivity contribution in [3.05, 3.63) is 30.1 Å². The monoisotopic (exact) mass is 325 g/mol. The molecule has 2 bridgehead atoms. The van der Waals surface area contributed by atoms with Crippen molar-refractivity contribution in [2.24, 2.45) is 7.05 Å². The molecule has 2 atom stereocenters. The minimum absolute atomic E-state index is 0.474. The fraction of sp³-hybridized carbons (Fsp3) is 0.533. The van der Waals surface area contributed by atoms with Crippen LogP contribution in [0.3, 0.4) is 0 Å². The van der Waals surface area contributed by atoms with Crippen molar-refractivity contribution in [3.8, 4) is 0 Å². The molecule has 0 spiro atoms. The van der Waals surface area contributed by atoms with Crippen LogP contribution in [0, 0.1) is 6.92 Å². The van der Waals surface area contributed by atoms with Crippen LogP contribution >= 0.6 is 0 Å². The summed E-state index contributed by atoms with van der Waals surface area (Å²) in [5.74, 6) is 1.84. The lowest BCUT2D eigenvalue weighted by atomic mass is 10.2. The highest BCUT2D eigenvalue weighted by Gasteiger charge is 2.44. The Balaban J connectivity index is 1.38. The Bertz CT molecular complexity index is 897. The predicted molar refractivity (Wildman–Crippen MR) is 86.5 cm³/mol. The Morgan fingerprint density at radius 3 is 2.83 bits per heavy atom. The van der Waals surface area contributed by atoms with Crippen molar-refractivity contribution in [2.75, 3.05) is 18.0 Å². The van der Waals surface area contributed by atoms with Crippen molar-refractivity contribution in [1.82, 2.24) is 39.5 Å². The zero-order valence-corrected chi connectivity index (χ0v) is 13.7. The van der Waals surface area contributed by atoms with Crippen LogP contribution in [0.15, 0.2) is 18.6 Å². The van der Waals surface area contributed by atoms with Crippen LogP contribution in [0.1, 0.15) is 17.9 Å². The van der Waals surface area contributed by atoms with Crippen LogP contribution in [0.4, 0.5) is 5.82 Å². The summed E-state index contributed by atoms with van der Waals surface area (Å²) in [4.78, 5) is 9.48. The van der Waals surface area contributed by atoms with E-state index in [4.69, 9.17) is 0 Å². The molecule has 2 aliphatic heterocycles. The molecule has 0 aromatic carbocycles. The van der Waals surface area contributed by atoms with E-state index >= 15 is 0 Å². The molecule has 3 aromatic rings. The molecular weight excluding hydrogens is 306 g/mol. The molecule has 0 aliphatic carbocycles. The summed E-state index contributed by atoms with van der Waals surface area (Å²) in [6, 6.07) is 1.01. The second-order valence-electron chi connectivity index (χ2n) is 6.70. The van der Waals surface area contributed by atoms with Gasteiger partial charge < -0.3 is 4.90 Å². The van der Waals surface area contributed by atoms with E-state index < -0.39 is 0 Å². The van der Waals surface area contributed by atoms with Gasteiger partial charge in [0.1, 0.15) is 5.82 Å². The first-order valence-electron chi connectivity index (χ1n) is 8.21. The highest BCUT2D eigenvalue weighted by Crippen LogP contribution is 2.35. The number of rotatable bonds is 3. The third kappa shape index (κ3) is 2.01. The highest BCUT2D eigenvalue weighted by molar-refractivity contribution is 5.65. The summed E-state index contributed by atoms with van der Waals surface area (Å²) in [7, 11) is 1.90. The molecule has 2 saturated heterocycles. The maximum atomic E-state index is 4.59. The van der Waals surface area contributed by atoms with Gasteiger partial charge in [-0.3, -0.25) is 14.0 Å². The normalized spacial score (nSPS) is 23.7. The van der Waals surface area contributed by atoms with Gasteiger partial charge in [0, 0.05) is 57.4 Å². The van der Waals surface area contributed by atoms with Crippen molar-refractivity contribution < 1.29 is 0 Å². The van der Waals surface area contributed by atoms with Crippen LogP contribution in [0.25, 0.3) is 5.65 Å². The highest BCUT2D eigenvalue weighted by atomic mass is 15.4. The summed E-state index contributed by atoms with van der Waals surface area (Å²) >= 11 is 0. The van der Waals surface area contributed by atoms with Gasteiger partial charge in [-0.25, -0.2) is 4.98 Å². The van der Waals surface area contributed by atoms with Gasteiger partial charge in [0.15, 0.2) is 5.82 Å². The number of likely N-dealkylation sites (tertiary alicyclic amines) is 1. The average molecular weight is 325 g/mol. The number of hydrogen-bond acceptors (Lipinski definition) is 7. The lowest BCUT2D eigenvalue weighted by Crippen LogP contribution is -2.46. The summed E-state index contributed by atoms with van der Waals surface area (Å²) in [5.41, 5.74) is 1.88. The number of aryl methyl sites for hydroxylation is 2. The van der Waals surface area contributed by atoms with Crippen molar-refractivity contribution >= 4 is 11.5 Å². The second kappa shape index (κ2) is 4.97. The smallest absolute Gasteiger partial charge is 0.203 e. The molecule has 3 aromatic heterocycles. The first kappa shape index (κ1) is 13.8. The molecule has 0 N–H and O–H groups in total. The number of piperazine rings is 1. The van der Waals surface area contributed by atoms with E-state index in [1.54, 1.807) is 4.68 Å². The third-order valence-corrected chi connectivity index (χ3v) is 5.12. The van der Waals surface area contributed by atoms with E-state index in [1.165, 1.54) is 0 Å². The van der Waals surface area contributed by atoms with E-state index in [0.29, 0.717) is 12.1 Å². The molecule has 0 amide bonds. The SMILES string of the molecule is Cc1nnc2c(N3CC4CC3CN4Cc3cn(C)nn3)nccn12. The summed E-state index contributed by atoms with van der Waals surface area (Å²) in [6.07, 6.45) is 6.91. The maximum absolute atomic E-state index is 4.59. The minimum Gasteiger partial charge on any atom is -0.348 e. The second-order valence-corrected chi connectivity index (χ2v) is 6.70. The molecule has 2 unspecified atom stereocenters. The molecular formula is C15H19N9. The first-order chi connectivity index (χ1) is 11.7. The third-order valence-electron chi connectivity index (χ3n) is 5.12. The lowest BCUT2D eigenvalue weighted by molar-refractivity contribution is 0.227. The van der Waals surface area contributed by atoms with Gasteiger partial charge in [-0.2, -0.15) is 0 Å². The number of fused-ring (bicyclic) bond motifs is 3. The van der Waals surface area contributed by atoms with Crippen LogP contribution in [0.5, 0.6) is 0 Å². The molecule has 5 heterocycles. The van der Waals surface area contributed by atoms with Gasteiger partial charge in [-0.1, -0.05) is 5.21 Å². The molecule has 5 rings (SSSR count). The van der Waals surface area contributed by atoms with Crippen LogP contribution < -0.4 is 4.90 Å².